The summed E-state index contributed by atoms with van der Waals surface area (Å²) < 4.78 is 0. The van der Waals surface area contributed by atoms with Gasteiger partial charge < -0.3 is 15.3 Å². The van der Waals surface area contributed by atoms with Gasteiger partial charge in [0.1, 0.15) is 6.54 Å². The molecule has 0 aliphatic carbocycles. The highest BCUT2D eigenvalue weighted by Gasteiger charge is 2.21. The fourth-order valence-corrected chi connectivity index (χ4v) is 1.50. The molecule has 0 bridgehead atoms. The van der Waals surface area contributed by atoms with E-state index in [0.717, 1.165) is 6.54 Å². The first-order valence-corrected chi connectivity index (χ1v) is 5.63. The molecule has 0 heterocycles. The molecule has 0 saturated heterocycles. The maximum Gasteiger partial charge on any atom is 0.323 e. The second-order valence-corrected chi connectivity index (χ2v) is 4.17. The van der Waals surface area contributed by atoms with Crippen LogP contribution in [0.25, 0.3) is 0 Å². The molecule has 0 radical (unpaired) electrons. The van der Waals surface area contributed by atoms with Gasteiger partial charge in [0.2, 0.25) is 5.91 Å². The lowest BCUT2D eigenvalue weighted by Crippen LogP contribution is -2.43. The minimum Gasteiger partial charge on any atom is -0.480 e. The van der Waals surface area contributed by atoms with Gasteiger partial charge in [-0.05, 0) is 27.3 Å². The fourth-order valence-electron chi connectivity index (χ4n) is 1.50. The molecule has 1 atom stereocenters. The van der Waals surface area contributed by atoms with E-state index in [-0.39, 0.29) is 24.5 Å². The van der Waals surface area contributed by atoms with Gasteiger partial charge in [-0.2, -0.15) is 0 Å². The molecule has 5 heteroatoms. The molecule has 0 rings (SSSR count). The summed E-state index contributed by atoms with van der Waals surface area (Å²) in [7, 11) is 0. The molecule has 1 amide bonds. The van der Waals surface area contributed by atoms with Crippen LogP contribution in [0.4, 0.5) is 0 Å². The normalized spacial score (nSPS) is 12.6. The Kier molecular flexibility index (Phi) is 6.72. The molecule has 5 nitrogen and oxygen atoms in total. The van der Waals surface area contributed by atoms with Crippen LogP contribution in [0.3, 0.4) is 0 Å². The van der Waals surface area contributed by atoms with Crippen LogP contribution in [-0.2, 0) is 9.59 Å². The Morgan fingerprint density at radius 1 is 1.31 bits per heavy atom. The summed E-state index contributed by atoms with van der Waals surface area (Å²) in [6, 6.07) is -0.00929. The van der Waals surface area contributed by atoms with Gasteiger partial charge in [0.05, 0.1) is 0 Å². The fraction of sp³-hybridized carbons (Fsp3) is 0.818. The van der Waals surface area contributed by atoms with Crippen LogP contribution in [0.2, 0.25) is 0 Å². The van der Waals surface area contributed by atoms with Gasteiger partial charge in [0, 0.05) is 18.5 Å². The maximum absolute atomic E-state index is 11.8. The van der Waals surface area contributed by atoms with Crippen molar-refractivity contribution in [2.24, 2.45) is 0 Å². The second kappa shape index (κ2) is 7.22. The largest absolute Gasteiger partial charge is 0.480 e. The number of nitrogens with one attached hydrogen (secondary N) is 1. The monoisotopic (exact) mass is 230 g/mol. The lowest BCUT2D eigenvalue weighted by molar-refractivity contribution is -0.146. The van der Waals surface area contributed by atoms with Crippen molar-refractivity contribution < 1.29 is 14.7 Å². The molecule has 0 aromatic heterocycles. The SMILES string of the molecule is CCNC(C)CC(=O)N(CC(=O)O)C(C)C. The van der Waals surface area contributed by atoms with E-state index in [9.17, 15) is 9.59 Å². The van der Waals surface area contributed by atoms with Gasteiger partial charge in [-0.1, -0.05) is 6.92 Å². The summed E-state index contributed by atoms with van der Waals surface area (Å²) in [5.41, 5.74) is 0. The van der Waals surface area contributed by atoms with Gasteiger partial charge in [0.15, 0.2) is 0 Å². The highest BCUT2D eigenvalue weighted by molar-refractivity contribution is 5.81. The van der Waals surface area contributed by atoms with Crippen molar-refractivity contribution in [1.29, 1.82) is 0 Å². The van der Waals surface area contributed by atoms with E-state index in [1.807, 2.05) is 27.7 Å². The number of carboxylic acid groups (broad SMARTS) is 1. The zero-order valence-electron chi connectivity index (χ0n) is 10.5. The number of carboxylic acids is 1. The van der Waals surface area contributed by atoms with Gasteiger partial charge >= 0.3 is 5.97 Å². The van der Waals surface area contributed by atoms with Crippen molar-refractivity contribution in [2.75, 3.05) is 13.1 Å². The molecule has 0 aliphatic heterocycles. The minimum atomic E-state index is -0.974. The van der Waals surface area contributed by atoms with E-state index in [1.54, 1.807) is 0 Å². The molecule has 0 spiro atoms. The van der Waals surface area contributed by atoms with E-state index < -0.39 is 5.97 Å². The predicted octanol–water partition coefficient (Wildman–Crippen LogP) is 0.696. The van der Waals surface area contributed by atoms with Crippen LogP contribution in [0, 0.1) is 0 Å². The number of hydrogen-bond acceptors (Lipinski definition) is 3. The van der Waals surface area contributed by atoms with E-state index in [0.29, 0.717) is 6.42 Å². The molecular formula is C11H22N2O3. The number of hydrogen-bond donors (Lipinski definition) is 2. The summed E-state index contributed by atoms with van der Waals surface area (Å²) in [4.78, 5) is 23.8. The number of nitrogens with zero attached hydrogens (tertiary/aromatic N) is 1. The highest BCUT2D eigenvalue weighted by Crippen LogP contribution is 2.04. The Labute approximate surface area is 96.8 Å². The first kappa shape index (κ1) is 14.9. The molecular weight excluding hydrogens is 208 g/mol. The summed E-state index contributed by atoms with van der Waals surface area (Å²) >= 11 is 0. The average molecular weight is 230 g/mol. The topological polar surface area (TPSA) is 69.6 Å². The Bertz CT molecular complexity index is 241. The third kappa shape index (κ3) is 5.70. The van der Waals surface area contributed by atoms with Crippen molar-refractivity contribution in [3.8, 4) is 0 Å². The van der Waals surface area contributed by atoms with Gasteiger partial charge in [-0.3, -0.25) is 9.59 Å². The van der Waals surface area contributed by atoms with Crippen LogP contribution in [0.15, 0.2) is 0 Å². The van der Waals surface area contributed by atoms with E-state index in [4.69, 9.17) is 5.11 Å². The van der Waals surface area contributed by atoms with Crippen molar-refractivity contribution in [3.63, 3.8) is 0 Å². The molecule has 1 unspecified atom stereocenters. The molecule has 0 saturated carbocycles. The summed E-state index contributed by atoms with van der Waals surface area (Å²) in [5, 5.41) is 11.8. The zero-order valence-corrected chi connectivity index (χ0v) is 10.5. The van der Waals surface area contributed by atoms with Crippen molar-refractivity contribution in [2.45, 2.75) is 46.2 Å². The average Bonchev–Trinajstić information content (AvgIpc) is 2.13. The molecule has 2 N–H and O–H groups in total. The quantitative estimate of drug-likeness (QED) is 0.675. The van der Waals surface area contributed by atoms with E-state index >= 15 is 0 Å². The van der Waals surface area contributed by atoms with Gasteiger partial charge in [0.25, 0.3) is 0 Å². The molecule has 94 valence electrons. The number of carbonyl (C=O) groups excluding carboxylic acids is 1. The van der Waals surface area contributed by atoms with Crippen LogP contribution in [0.1, 0.15) is 34.1 Å². The highest BCUT2D eigenvalue weighted by atomic mass is 16.4. The van der Waals surface area contributed by atoms with Crippen LogP contribution in [0.5, 0.6) is 0 Å². The maximum atomic E-state index is 11.8. The second-order valence-electron chi connectivity index (χ2n) is 4.17. The van der Waals surface area contributed by atoms with Crippen LogP contribution < -0.4 is 5.32 Å². The smallest absolute Gasteiger partial charge is 0.323 e. The Balaban J connectivity index is 4.32. The van der Waals surface area contributed by atoms with Crippen molar-refractivity contribution >= 4 is 11.9 Å². The standard InChI is InChI=1S/C11H22N2O3/c1-5-12-9(4)6-10(14)13(8(2)3)7-11(15)16/h8-9,12H,5-7H2,1-4H3,(H,15,16). The lowest BCUT2D eigenvalue weighted by Gasteiger charge is -2.26. The Morgan fingerprint density at radius 3 is 2.25 bits per heavy atom. The van der Waals surface area contributed by atoms with Crippen molar-refractivity contribution in [1.82, 2.24) is 10.2 Å². The molecule has 16 heavy (non-hydrogen) atoms. The number of aliphatic carboxylic acids is 1. The number of carbonyl (C=O) groups is 2. The van der Waals surface area contributed by atoms with Crippen LogP contribution in [-0.4, -0.2) is 47.1 Å². The summed E-state index contributed by atoms with van der Waals surface area (Å²) in [5.74, 6) is -1.09. The zero-order chi connectivity index (χ0) is 12.7. The van der Waals surface area contributed by atoms with E-state index in [2.05, 4.69) is 5.32 Å². The van der Waals surface area contributed by atoms with Gasteiger partial charge in [-0.25, -0.2) is 0 Å². The summed E-state index contributed by atoms with van der Waals surface area (Å²) in [6.45, 7) is 8.10. The van der Waals surface area contributed by atoms with Crippen LogP contribution >= 0.6 is 0 Å². The van der Waals surface area contributed by atoms with Gasteiger partial charge in [-0.15, -0.1) is 0 Å². The Hall–Kier alpha value is -1.10. The lowest BCUT2D eigenvalue weighted by atomic mass is 10.2. The number of rotatable bonds is 7. The molecule has 0 aromatic rings. The Morgan fingerprint density at radius 2 is 1.88 bits per heavy atom. The predicted molar refractivity (Wildman–Crippen MR) is 62.2 cm³/mol. The molecule has 0 fully saturated rings. The first-order valence-electron chi connectivity index (χ1n) is 5.63. The third-order valence-corrected chi connectivity index (χ3v) is 2.28. The first-order chi connectivity index (χ1) is 7.38. The third-order valence-electron chi connectivity index (χ3n) is 2.28. The summed E-state index contributed by atoms with van der Waals surface area (Å²) in [6.07, 6.45) is 0.333. The molecule has 0 aliphatic rings. The molecule has 0 aromatic carbocycles. The van der Waals surface area contributed by atoms with E-state index in [1.165, 1.54) is 4.90 Å². The minimum absolute atomic E-state index is 0.0764. The number of amides is 1. The van der Waals surface area contributed by atoms with Crippen molar-refractivity contribution in [3.05, 3.63) is 0 Å².